The van der Waals surface area contributed by atoms with Crippen LogP contribution < -0.4 is 14.9 Å². The lowest BCUT2D eigenvalue weighted by Crippen LogP contribution is -2.27. The number of benzene rings is 2. The summed E-state index contributed by atoms with van der Waals surface area (Å²) in [7, 11) is -3.45. The van der Waals surface area contributed by atoms with E-state index in [1.807, 2.05) is 0 Å². The Labute approximate surface area is 169 Å². The largest absolute Gasteiger partial charge is 0.454 e. The Morgan fingerprint density at radius 1 is 1.00 bits per heavy atom. The molecule has 0 atom stereocenters. The van der Waals surface area contributed by atoms with Gasteiger partial charge in [-0.3, -0.25) is 4.79 Å². The fourth-order valence-electron chi connectivity index (χ4n) is 3.25. The van der Waals surface area contributed by atoms with E-state index >= 15 is 0 Å². The first-order valence-electron chi connectivity index (χ1n) is 9.30. The molecule has 0 unspecified atom stereocenters. The van der Waals surface area contributed by atoms with Crippen LogP contribution in [0.3, 0.4) is 0 Å². The number of carbonyl (C=O) groups excluding carboxylic acids is 1. The van der Waals surface area contributed by atoms with Gasteiger partial charge in [-0.15, -0.1) is 0 Å². The van der Waals surface area contributed by atoms with Crippen molar-refractivity contribution >= 4 is 21.6 Å². The average Bonchev–Trinajstić information content (AvgIpc) is 3.43. The molecular formula is C20H21N3O5S. The first kappa shape index (κ1) is 19.4. The number of carbonyl (C=O) groups is 1. The predicted molar refractivity (Wildman–Crippen MR) is 107 cm³/mol. The number of sulfonamides is 1. The quantitative estimate of drug-likeness (QED) is 0.597. The van der Waals surface area contributed by atoms with E-state index in [0.717, 1.165) is 18.4 Å². The number of hydrogen-bond donors (Lipinski definition) is 1. The lowest BCUT2D eigenvalue weighted by atomic mass is 10.1. The summed E-state index contributed by atoms with van der Waals surface area (Å²) in [6.07, 6.45) is 1.79. The van der Waals surface area contributed by atoms with Crippen LogP contribution in [0.25, 0.3) is 0 Å². The third-order valence-corrected chi connectivity index (χ3v) is 6.85. The minimum Gasteiger partial charge on any atom is -0.454 e. The number of ether oxygens (including phenoxy) is 2. The molecule has 0 aromatic heterocycles. The number of fused-ring (bicyclic) bond motifs is 1. The summed E-state index contributed by atoms with van der Waals surface area (Å²) in [6.45, 7) is 3.01. The molecule has 0 bridgehead atoms. The highest BCUT2D eigenvalue weighted by molar-refractivity contribution is 7.89. The molecule has 8 nitrogen and oxygen atoms in total. The van der Waals surface area contributed by atoms with Crippen LogP contribution in [0.1, 0.15) is 35.7 Å². The zero-order valence-electron chi connectivity index (χ0n) is 15.9. The summed E-state index contributed by atoms with van der Waals surface area (Å²) in [6, 6.07) is 11.4. The minimum atomic E-state index is -3.45. The van der Waals surface area contributed by atoms with Crippen molar-refractivity contribution in [1.82, 2.24) is 9.73 Å². The second kappa shape index (κ2) is 7.84. The zero-order valence-corrected chi connectivity index (χ0v) is 16.7. The van der Waals surface area contributed by atoms with Gasteiger partial charge < -0.3 is 9.47 Å². The van der Waals surface area contributed by atoms with Crippen LogP contribution in [-0.4, -0.2) is 44.2 Å². The maximum atomic E-state index is 12.6. The van der Waals surface area contributed by atoms with Gasteiger partial charge in [-0.2, -0.15) is 9.41 Å². The van der Waals surface area contributed by atoms with E-state index in [2.05, 4.69) is 10.5 Å². The van der Waals surface area contributed by atoms with Crippen molar-refractivity contribution in [2.75, 3.05) is 19.9 Å². The first-order valence-corrected chi connectivity index (χ1v) is 10.7. The van der Waals surface area contributed by atoms with Gasteiger partial charge in [0.25, 0.3) is 5.91 Å². The molecule has 0 aliphatic carbocycles. The normalized spacial score (nSPS) is 16.8. The van der Waals surface area contributed by atoms with E-state index in [4.69, 9.17) is 9.47 Å². The van der Waals surface area contributed by atoms with E-state index in [1.165, 1.54) is 4.31 Å². The third kappa shape index (κ3) is 3.96. The zero-order chi connectivity index (χ0) is 20.4. The van der Waals surface area contributed by atoms with Gasteiger partial charge >= 0.3 is 0 Å². The van der Waals surface area contributed by atoms with E-state index in [-0.39, 0.29) is 17.6 Å². The Morgan fingerprint density at radius 3 is 2.38 bits per heavy atom. The molecule has 1 amide bonds. The van der Waals surface area contributed by atoms with E-state index in [9.17, 15) is 13.2 Å². The van der Waals surface area contributed by atoms with Gasteiger partial charge in [0.05, 0.1) is 10.6 Å². The van der Waals surface area contributed by atoms with E-state index in [1.54, 1.807) is 49.4 Å². The van der Waals surface area contributed by atoms with Crippen molar-refractivity contribution in [1.29, 1.82) is 0 Å². The first-order chi connectivity index (χ1) is 13.9. The van der Waals surface area contributed by atoms with Gasteiger partial charge in [0.15, 0.2) is 11.5 Å². The highest BCUT2D eigenvalue weighted by Crippen LogP contribution is 2.32. The lowest BCUT2D eigenvalue weighted by molar-refractivity contribution is 0.0954. The van der Waals surface area contributed by atoms with Crippen molar-refractivity contribution in [3.63, 3.8) is 0 Å². The molecule has 2 heterocycles. The van der Waals surface area contributed by atoms with E-state index < -0.39 is 10.0 Å². The Hall–Kier alpha value is -2.91. The smallest absolute Gasteiger partial charge is 0.271 e. The second-order valence-corrected chi connectivity index (χ2v) is 8.78. The Balaban J connectivity index is 1.44. The van der Waals surface area contributed by atoms with Gasteiger partial charge in [-0.25, -0.2) is 13.8 Å². The van der Waals surface area contributed by atoms with Gasteiger partial charge in [0.2, 0.25) is 16.8 Å². The van der Waals surface area contributed by atoms with Crippen molar-refractivity contribution < 1.29 is 22.7 Å². The maximum Gasteiger partial charge on any atom is 0.271 e. The predicted octanol–water partition coefficient (Wildman–Crippen LogP) is 2.35. The summed E-state index contributed by atoms with van der Waals surface area (Å²) in [5.41, 5.74) is 4.18. The molecule has 4 rings (SSSR count). The van der Waals surface area contributed by atoms with Crippen molar-refractivity contribution in [2.45, 2.75) is 24.7 Å². The third-order valence-electron chi connectivity index (χ3n) is 4.93. The fourth-order valence-corrected chi connectivity index (χ4v) is 4.76. The molecule has 1 fully saturated rings. The summed E-state index contributed by atoms with van der Waals surface area (Å²) in [4.78, 5) is 12.6. The molecule has 2 aliphatic heterocycles. The van der Waals surface area contributed by atoms with Gasteiger partial charge in [-0.1, -0.05) is 12.1 Å². The Kier molecular flexibility index (Phi) is 5.25. The Morgan fingerprint density at radius 2 is 1.66 bits per heavy atom. The second-order valence-electron chi connectivity index (χ2n) is 6.84. The molecule has 1 saturated heterocycles. The molecule has 29 heavy (non-hydrogen) atoms. The van der Waals surface area contributed by atoms with Crippen molar-refractivity contribution in [3.8, 4) is 11.5 Å². The average molecular weight is 415 g/mol. The molecule has 2 aliphatic rings. The van der Waals surface area contributed by atoms with Gasteiger partial charge in [0.1, 0.15) is 0 Å². The minimum absolute atomic E-state index is 0.140. The molecule has 1 N–H and O–H groups in total. The number of nitrogens with one attached hydrogen (secondary N) is 1. The summed E-state index contributed by atoms with van der Waals surface area (Å²) in [5.74, 6) is 0.745. The summed E-state index contributed by atoms with van der Waals surface area (Å²) >= 11 is 0. The lowest BCUT2D eigenvalue weighted by Gasteiger charge is -2.15. The number of rotatable bonds is 5. The molecule has 0 radical (unpaired) electrons. The number of hydrogen-bond acceptors (Lipinski definition) is 6. The number of nitrogens with zero attached hydrogens (tertiary/aromatic N) is 2. The molecule has 2 aromatic carbocycles. The number of hydrazone groups is 1. The summed E-state index contributed by atoms with van der Waals surface area (Å²) in [5, 5.41) is 4.12. The summed E-state index contributed by atoms with van der Waals surface area (Å²) < 4.78 is 37.2. The molecule has 152 valence electrons. The number of amides is 1. The van der Waals surface area contributed by atoms with Crippen molar-refractivity contribution in [3.05, 3.63) is 53.6 Å². The highest BCUT2D eigenvalue weighted by Gasteiger charge is 2.27. The van der Waals surface area contributed by atoms with Crippen LogP contribution in [0.5, 0.6) is 11.5 Å². The monoisotopic (exact) mass is 415 g/mol. The fraction of sp³-hybridized carbons (Fsp3) is 0.300. The van der Waals surface area contributed by atoms with Crippen LogP contribution in [-0.2, 0) is 10.0 Å². The molecular weight excluding hydrogens is 394 g/mol. The van der Waals surface area contributed by atoms with Crippen LogP contribution in [0.15, 0.2) is 52.5 Å². The molecule has 0 saturated carbocycles. The van der Waals surface area contributed by atoms with Gasteiger partial charge in [-0.05, 0) is 55.7 Å². The van der Waals surface area contributed by atoms with Crippen LogP contribution in [0.2, 0.25) is 0 Å². The van der Waals surface area contributed by atoms with Crippen LogP contribution >= 0.6 is 0 Å². The van der Waals surface area contributed by atoms with Gasteiger partial charge in [0, 0.05) is 18.7 Å². The highest BCUT2D eigenvalue weighted by atomic mass is 32.2. The van der Waals surface area contributed by atoms with E-state index in [0.29, 0.717) is 35.9 Å². The van der Waals surface area contributed by atoms with Crippen molar-refractivity contribution in [2.24, 2.45) is 5.10 Å². The topological polar surface area (TPSA) is 97.3 Å². The molecule has 2 aromatic rings. The van der Waals surface area contributed by atoms with Crippen LogP contribution in [0.4, 0.5) is 0 Å². The van der Waals surface area contributed by atoms with Crippen LogP contribution in [0, 0.1) is 0 Å². The maximum absolute atomic E-state index is 12.6. The standard InChI is InChI=1S/C20H21N3O5S/c1-14(21-22-20(24)16-6-9-18-19(12-16)28-13-27-18)15-4-7-17(8-5-15)29(25,26)23-10-2-3-11-23/h4-9,12H,2-3,10-11,13H2,1H3,(H,22,24)/b21-14+. The Bertz CT molecular complexity index is 1060. The SMILES string of the molecule is C/C(=N\NC(=O)c1ccc2c(c1)OCO2)c1ccc(S(=O)(=O)N2CCCC2)cc1. The molecule has 0 spiro atoms. The molecule has 9 heteroatoms.